The van der Waals surface area contributed by atoms with Crippen molar-refractivity contribution in [1.29, 1.82) is 0 Å². The third-order valence-electron chi connectivity index (χ3n) is 4.24. The van der Waals surface area contributed by atoms with Crippen LogP contribution in [0.2, 0.25) is 0 Å². The average molecular weight is 314 g/mol. The van der Waals surface area contributed by atoms with Crippen molar-refractivity contribution in [3.8, 4) is 11.5 Å². The summed E-state index contributed by atoms with van der Waals surface area (Å²) in [7, 11) is 2.10. The lowest BCUT2D eigenvalue weighted by Crippen LogP contribution is -2.39. The number of ether oxygens (including phenoxy) is 2. The highest BCUT2D eigenvalue weighted by atomic mass is 16.6. The van der Waals surface area contributed by atoms with Gasteiger partial charge in [0.15, 0.2) is 11.5 Å². The Morgan fingerprint density at radius 3 is 3.09 bits per heavy atom. The normalized spacial score (nSPS) is 19.7. The van der Waals surface area contributed by atoms with Gasteiger partial charge in [0.05, 0.1) is 17.9 Å². The zero-order valence-corrected chi connectivity index (χ0v) is 13.4. The molecule has 4 rings (SSSR count). The molecule has 0 aliphatic carbocycles. The van der Waals surface area contributed by atoms with E-state index in [4.69, 9.17) is 9.47 Å². The molecule has 6 heteroatoms. The molecule has 0 saturated carbocycles. The van der Waals surface area contributed by atoms with Gasteiger partial charge in [-0.2, -0.15) is 5.10 Å². The van der Waals surface area contributed by atoms with Crippen LogP contribution < -0.4 is 14.8 Å². The van der Waals surface area contributed by atoms with Crippen molar-refractivity contribution in [3.63, 3.8) is 0 Å². The van der Waals surface area contributed by atoms with Crippen LogP contribution >= 0.6 is 0 Å². The topological polar surface area (TPSA) is 51.6 Å². The SMILES string of the molecule is CN(Cc1cc2n(n1)CCNC2)C[C@H]1COc2ccccc2O1. The summed E-state index contributed by atoms with van der Waals surface area (Å²) < 4.78 is 13.9. The maximum Gasteiger partial charge on any atom is 0.161 e. The van der Waals surface area contributed by atoms with E-state index in [1.807, 2.05) is 24.3 Å². The average Bonchev–Trinajstić information content (AvgIpc) is 2.96. The summed E-state index contributed by atoms with van der Waals surface area (Å²) in [4.78, 5) is 2.24. The molecule has 0 amide bonds. The Labute approximate surface area is 136 Å². The maximum atomic E-state index is 6.02. The van der Waals surface area contributed by atoms with Crippen LogP contribution in [0.5, 0.6) is 11.5 Å². The summed E-state index contributed by atoms with van der Waals surface area (Å²) in [6, 6.07) is 10.0. The molecular formula is C17H22N4O2. The van der Waals surface area contributed by atoms with Gasteiger partial charge in [0, 0.05) is 26.2 Å². The van der Waals surface area contributed by atoms with Crippen LogP contribution in [0.25, 0.3) is 0 Å². The first-order chi connectivity index (χ1) is 11.3. The molecule has 0 bridgehead atoms. The van der Waals surface area contributed by atoms with E-state index < -0.39 is 0 Å². The quantitative estimate of drug-likeness (QED) is 0.921. The molecule has 6 nitrogen and oxygen atoms in total. The second-order valence-corrected chi connectivity index (χ2v) is 6.22. The number of nitrogens with one attached hydrogen (secondary N) is 1. The Morgan fingerprint density at radius 1 is 1.35 bits per heavy atom. The van der Waals surface area contributed by atoms with E-state index in [9.17, 15) is 0 Å². The fourth-order valence-corrected chi connectivity index (χ4v) is 3.17. The largest absolute Gasteiger partial charge is 0.486 e. The van der Waals surface area contributed by atoms with E-state index in [1.54, 1.807) is 0 Å². The summed E-state index contributed by atoms with van der Waals surface area (Å²) in [6.07, 6.45) is 0.0498. The minimum atomic E-state index is 0.0498. The van der Waals surface area contributed by atoms with Gasteiger partial charge in [-0.15, -0.1) is 0 Å². The van der Waals surface area contributed by atoms with Crippen LogP contribution in [0.3, 0.4) is 0 Å². The predicted molar refractivity (Wildman–Crippen MR) is 86.6 cm³/mol. The number of benzene rings is 1. The second kappa shape index (κ2) is 6.22. The number of fused-ring (bicyclic) bond motifs is 2. The first kappa shape index (κ1) is 14.5. The maximum absolute atomic E-state index is 6.02. The van der Waals surface area contributed by atoms with E-state index in [1.165, 1.54) is 5.69 Å². The summed E-state index contributed by atoms with van der Waals surface area (Å²) >= 11 is 0. The zero-order chi connectivity index (χ0) is 15.6. The summed E-state index contributed by atoms with van der Waals surface area (Å²) in [5, 5.41) is 8.05. The van der Waals surface area contributed by atoms with E-state index >= 15 is 0 Å². The van der Waals surface area contributed by atoms with Gasteiger partial charge in [0.1, 0.15) is 12.7 Å². The van der Waals surface area contributed by atoms with Crippen LogP contribution in [0.4, 0.5) is 0 Å². The Bertz CT molecular complexity index is 661. The van der Waals surface area contributed by atoms with Crippen molar-refractivity contribution in [3.05, 3.63) is 41.7 Å². The predicted octanol–water partition coefficient (Wildman–Crippen LogP) is 1.26. The van der Waals surface area contributed by atoms with Gasteiger partial charge in [-0.3, -0.25) is 9.58 Å². The highest BCUT2D eigenvalue weighted by Crippen LogP contribution is 2.31. The minimum absolute atomic E-state index is 0.0498. The third-order valence-corrected chi connectivity index (χ3v) is 4.24. The smallest absolute Gasteiger partial charge is 0.161 e. The molecule has 1 aromatic heterocycles. The fraction of sp³-hybridized carbons (Fsp3) is 0.471. The van der Waals surface area contributed by atoms with Crippen molar-refractivity contribution in [1.82, 2.24) is 20.0 Å². The molecule has 2 aromatic rings. The lowest BCUT2D eigenvalue weighted by Gasteiger charge is -2.29. The molecule has 2 aliphatic heterocycles. The van der Waals surface area contributed by atoms with E-state index in [0.717, 1.165) is 49.9 Å². The molecule has 1 N–H and O–H groups in total. The number of nitrogens with zero attached hydrogens (tertiary/aromatic N) is 3. The summed E-state index contributed by atoms with van der Waals surface area (Å²) in [5.41, 5.74) is 2.38. The van der Waals surface area contributed by atoms with Crippen molar-refractivity contribution in [2.75, 3.05) is 26.7 Å². The number of aromatic nitrogens is 2. The summed E-state index contributed by atoms with van der Waals surface area (Å²) in [6.45, 7) is 5.08. The van der Waals surface area contributed by atoms with Crippen LogP contribution in [0, 0.1) is 0 Å². The molecule has 0 spiro atoms. The molecule has 0 fully saturated rings. The molecule has 0 unspecified atom stereocenters. The van der Waals surface area contributed by atoms with Crippen LogP contribution in [0.15, 0.2) is 30.3 Å². The highest BCUT2D eigenvalue weighted by Gasteiger charge is 2.22. The van der Waals surface area contributed by atoms with Crippen molar-refractivity contribution in [2.45, 2.75) is 25.7 Å². The van der Waals surface area contributed by atoms with Gasteiger partial charge >= 0.3 is 0 Å². The molecule has 0 radical (unpaired) electrons. The molecule has 1 atom stereocenters. The van der Waals surface area contributed by atoms with Gasteiger partial charge in [0.25, 0.3) is 0 Å². The summed E-state index contributed by atoms with van der Waals surface area (Å²) in [5.74, 6) is 1.67. The van der Waals surface area contributed by atoms with Crippen molar-refractivity contribution in [2.24, 2.45) is 0 Å². The lowest BCUT2D eigenvalue weighted by atomic mass is 10.2. The van der Waals surface area contributed by atoms with Crippen molar-refractivity contribution < 1.29 is 9.47 Å². The van der Waals surface area contributed by atoms with Crippen LogP contribution in [-0.2, 0) is 19.6 Å². The Hall–Kier alpha value is -2.05. The molecule has 122 valence electrons. The second-order valence-electron chi connectivity index (χ2n) is 6.22. The number of hydrogen-bond acceptors (Lipinski definition) is 5. The van der Waals surface area contributed by atoms with Crippen LogP contribution in [0.1, 0.15) is 11.4 Å². The first-order valence-electron chi connectivity index (χ1n) is 8.11. The molecule has 0 saturated heterocycles. The number of likely N-dealkylation sites (N-methyl/N-ethyl adjacent to an activating group) is 1. The monoisotopic (exact) mass is 314 g/mol. The number of hydrogen-bond donors (Lipinski definition) is 1. The lowest BCUT2D eigenvalue weighted by molar-refractivity contribution is 0.0635. The van der Waals surface area contributed by atoms with Crippen molar-refractivity contribution >= 4 is 0 Å². The molecular weight excluding hydrogens is 292 g/mol. The van der Waals surface area contributed by atoms with Crippen LogP contribution in [-0.4, -0.2) is 47.5 Å². The Morgan fingerprint density at radius 2 is 2.22 bits per heavy atom. The van der Waals surface area contributed by atoms with E-state index in [2.05, 4.69) is 33.1 Å². The minimum Gasteiger partial charge on any atom is -0.486 e. The third kappa shape index (κ3) is 3.18. The molecule has 3 heterocycles. The number of para-hydroxylation sites is 2. The van der Waals surface area contributed by atoms with Gasteiger partial charge in [0.2, 0.25) is 0 Å². The van der Waals surface area contributed by atoms with Gasteiger partial charge in [-0.1, -0.05) is 12.1 Å². The van der Waals surface area contributed by atoms with Gasteiger partial charge in [-0.05, 0) is 25.2 Å². The van der Waals surface area contributed by atoms with Gasteiger partial charge < -0.3 is 14.8 Å². The van der Waals surface area contributed by atoms with E-state index in [-0.39, 0.29) is 6.10 Å². The Kier molecular flexibility index (Phi) is 3.93. The van der Waals surface area contributed by atoms with E-state index in [0.29, 0.717) is 6.61 Å². The fourth-order valence-electron chi connectivity index (χ4n) is 3.17. The number of rotatable bonds is 4. The first-order valence-corrected chi connectivity index (χ1v) is 8.11. The highest BCUT2D eigenvalue weighted by molar-refractivity contribution is 5.40. The Balaban J connectivity index is 1.35. The standard InChI is InChI=1S/C17H22N4O2/c1-20(10-13-8-14-9-18-6-7-21(14)19-13)11-15-12-22-16-4-2-3-5-17(16)23-15/h2-5,8,15,18H,6-7,9-12H2,1H3/t15-/m0/s1. The molecule has 1 aromatic carbocycles. The van der Waals surface area contributed by atoms with Gasteiger partial charge in [-0.25, -0.2) is 0 Å². The zero-order valence-electron chi connectivity index (χ0n) is 13.4. The molecule has 2 aliphatic rings. The molecule has 23 heavy (non-hydrogen) atoms.